The smallest absolute Gasteiger partial charge is 0.188 e. The average Bonchev–Trinajstić information content (AvgIpc) is 2.85. The van der Waals surface area contributed by atoms with Crippen molar-refractivity contribution in [1.82, 2.24) is 4.98 Å². The SMILES string of the molecule is Cc1cc(-c2nc(Nc3ccccc3F)sc2C)ccc1F. The fourth-order valence-electron chi connectivity index (χ4n) is 2.19. The highest BCUT2D eigenvalue weighted by Gasteiger charge is 2.12. The van der Waals surface area contributed by atoms with Gasteiger partial charge >= 0.3 is 0 Å². The van der Waals surface area contributed by atoms with Crippen LogP contribution in [0.3, 0.4) is 0 Å². The van der Waals surface area contributed by atoms with Gasteiger partial charge in [0.15, 0.2) is 5.13 Å². The van der Waals surface area contributed by atoms with E-state index in [9.17, 15) is 8.78 Å². The molecule has 3 aromatic rings. The Morgan fingerprint density at radius 3 is 2.50 bits per heavy atom. The molecule has 3 rings (SSSR count). The monoisotopic (exact) mass is 316 g/mol. The molecular weight excluding hydrogens is 302 g/mol. The first-order chi connectivity index (χ1) is 10.5. The Labute approximate surface area is 131 Å². The molecule has 0 saturated carbocycles. The molecule has 1 N–H and O–H groups in total. The average molecular weight is 316 g/mol. The molecule has 1 heterocycles. The predicted octanol–water partition coefficient (Wildman–Crippen LogP) is 5.45. The summed E-state index contributed by atoms with van der Waals surface area (Å²) in [6.45, 7) is 3.66. The molecule has 1 aromatic heterocycles. The number of anilines is 2. The van der Waals surface area contributed by atoms with Crippen molar-refractivity contribution < 1.29 is 8.78 Å². The summed E-state index contributed by atoms with van der Waals surface area (Å²) in [5, 5.41) is 3.60. The third-order valence-corrected chi connectivity index (χ3v) is 4.23. The summed E-state index contributed by atoms with van der Waals surface area (Å²) in [6, 6.07) is 11.4. The van der Waals surface area contributed by atoms with Crippen LogP contribution in [0.25, 0.3) is 11.3 Å². The van der Waals surface area contributed by atoms with Crippen LogP contribution in [0.1, 0.15) is 10.4 Å². The van der Waals surface area contributed by atoms with Gasteiger partial charge in [-0.2, -0.15) is 0 Å². The first kappa shape index (κ1) is 14.7. The van der Waals surface area contributed by atoms with Crippen LogP contribution in [0.4, 0.5) is 19.6 Å². The van der Waals surface area contributed by atoms with Crippen LogP contribution in [0, 0.1) is 25.5 Å². The fourth-order valence-corrected chi connectivity index (χ4v) is 3.04. The first-order valence-corrected chi connectivity index (χ1v) is 7.62. The van der Waals surface area contributed by atoms with Crippen molar-refractivity contribution in [2.75, 3.05) is 5.32 Å². The van der Waals surface area contributed by atoms with E-state index in [1.54, 1.807) is 37.3 Å². The number of thiazole rings is 1. The summed E-state index contributed by atoms with van der Waals surface area (Å²) in [6.07, 6.45) is 0. The first-order valence-electron chi connectivity index (χ1n) is 6.80. The third kappa shape index (κ3) is 2.85. The van der Waals surface area contributed by atoms with E-state index in [0.29, 0.717) is 16.4 Å². The van der Waals surface area contributed by atoms with Crippen LogP contribution in [0.2, 0.25) is 0 Å². The van der Waals surface area contributed by atoms with Crippen LogP contribution in [0.5, 0.6) is 0 Å². The Hall–Kier alpha value is -2.27. The number of nitrogens with zero attached hydrogens (tertiary/aromatic N) is 1. The Kier molecular flexibility index (Phi) is 3.90. The Bertz CT molecular complexity index is 827. The highest BCUT2D eigenvalue weighted by atomic mass is 32.1. The van der Waals surface area contributed by atoms with Crippen LogP contribution < -0.4 is 5.32 Å². The lowest BCUT2D eigenvalue weighted by molar-refractivity contribution is 0.618. The van der Waals surface area contributed by atoms with Gasteiger partial charge < -0.3 is 5.32 Å². The van der Waals surface area contributed by atoms with Crippen molar-refractivity contribution >= 4 is 22.2 Å². The summed E-state index contributed by atoms with van der Waals surface area (Å²) < 4.78 is 27.1. The fraction of sp³-hybridized carbons (Fsp3) is 0.118. The van der Waals surface area contributed by atoms with E-state index in [0.717, 1.165) is 16.1 Å². The van der Waals surface area contributed by atoms with Gasteiger partial charge in [-0.15, -0.1) is 11.3 Å². The molecule has 2 aromatic carbocycles. The van der Waals surface area contributed by atoms with Crippen LogP contribution in [0.15, 0.2) is 42.5 Å². The van der Waals surface area contributed by atoms with Gasteiger partial charge in [-0.1, -0.05) is 12.1 Å². The standard InChI is InChI=1S/C17H14F2N2S/c1-10-9-12(7-8-13(10)18)16-11(2)22-17(21-16)20-15-6-4-3-5-14(15)19/h3-9H,1-2H3,(H,20,21). The van der Waals surface area contributed by atoms with Gasteiger partial charge in [-0.05, 0) is 49.7 Å². The van der Waals surface area contributed by atoms with Crippen molar-refractivity contribution in [2.24, 2.45) is 0 Å². The molecule has 0 fully saturated rings. The highest BCUT2D eigenvalue weighted by Crippen LogP contribution is 2.33. The number of nitrogens with one attached hydrogen (secondary N) is 1. The van der Waals surface area contributed by atoms with Gasteiger partial charge in [0, 0.05) is 10.4 Å². The van der Waals surface area contributed by atoms with E-state index >= 15 is 0 Å². The number of hydrogen-bond donors (Lipinski definition) is 1. The molecule has 5 heteroatoms. The highest BCUT2D eigenvalue weighted by molar-refractivity contribution is 7.16. The molecule has 0 atom stereocenters. The maximum atomic E-state index is 13.7. The van der Waals surface area contributed by atoms with E-state index in [4.69, 9.17) is 0 Å². The molecule has 0 unspecified atom stereocenters. The van der Waals surface area contributed by atoms with Crippen LogP contribution in [-0.4, -0.2) is 4.98 Å². The summed E-state index contributed by atoms with van der Waals surface area (Å²) in [5.41, 5.74) is 2.60. The quantitative estimate of drug-likeness (QED) is 0.695. The topological polar surface area (TPSA) is 24.9 Å². The second-order valence-corrected chi connectivity index (χ2v) is 6.20. The largest absolute Gasteiger partial charge is 0.329 e. The maximum Gasteiger partial charge on any atom is 0.188 e. The van der Waals surface area contributed by atoms with E-state index in [2.05, 4.69) is 10.3 Å². The van der Waals surface area contributed by atoms with Gasteiger partial charge in [0.25, 0.3) is 0 Å². The molecule has 0 amide bonds. The molecule has 0 aliphatic heterocycles. The number of rotatable bonds is 3. The number of benzene rings is 2. The van der Waals surface area contributed by atoms with Crippen molar-refractivity contribution in [3.05, 3.63) is 64.5 Å². The number of aromatic nitrogens is 1. The number of hydrogen-bond acceptors (Lipinski definition) is 3. The number of para-hydroxylation sites is 1. The van der Waals surface area contributed by atoms with Gasteiger partial charge in [-0.25, -0.2) is 13.8 Å². The predicted molar refractivity (Wildman–Crippen MR) is 86.7 cm³/mol. The van der Waals surface area contributed by atoms with E-state index in [1.807, 2.05) is 6.92 Å². The maximum absolute atomic E-state index is 13.7. The van der Waals surface area contributed by atoms with E-state index in [-0.39, 0.29) is 11.6 Å². The Balaban J connectivity index is 1.94. The molecule has 0 aliphatic carbocycles. The van der Waals surface area contributed by atoms with Crippen molar-refractivity contribution in [2.45, 2.75) is 13.8 Å². The summed E-state index contributed by atoms with van der Waals surface area (Å²) in [5.74, 6) is -0.559. The van der Waals surface area contributed by atoms with Crippen LogP contribution in [-0.2, 0) is 0 Å². The number of aryl methyl sites for hydroxylation is 2. The van der Waals surface area contributed by atoms with Crippen LogP contribution >= 0.6 is 11.3 Å². The minimum atomic E-state index is -0.325. The molecule has 0 saturated heterocycles. The molecule has 0 radical (unpaired) electrons. The van der Waals surface area contributed by atoms with Gasteiger partial charge in [0.2, 0.25) is 0 Å². The van der Waals surface area contributed by atoms with Gasteiger partial charge in [0.05, 0.1) is 11.4 Å². The second kappa shape index (κ2) is 5.85. The zero-order valence-electron chi connectivity index (χ0n) is 12.2. The molecule has 112 valence electrons. The minimum Gasteiger partial charge on any atom is -0.329 e. The van der Waals surface area contributed by atoms with Crippen molar-refractivity contribution in [3.8, 4) is 11.3 Å². The Morgan fingerprint density at radius 1 is 1.00 bits per heavy atom. The lowest BCUT2D eigenvalue weighted by Crippen LogP contribution is -1.92. The van der Waals surface area contributed by atoms with Gasteiger partial charge in [0.1, 0.15) is 11.6 Å². The zero-order chi connectivity index (χ0) is 15.7. The molecule has 0 aliphatic rings. The molecule has 22 heavy (non-hydrogen) atoms. The van der Waals surface area contributed by atoms with Crippen molar-refractivity contribution in [3.63, 3.8) is 0 Å². The minimum absolute atomic E-state index is 0.235. The second-order valence-electron chi connectivity index (χ2n) is 4.99. The molecular formula is C17H14F2N2S. The lowest BCUT2D eigenvalue weighted by atomic mass is 10.1. The van der Waals surface area contributed by atoms with E-state index < -0.39 is 0 Å². The summed E-state index contributed by atoms with van der Waals surface area (Å²) >= 11 is 1.44. The van der Waals surface area contributed by atoms with E-state index in [1.165, 1.54) is 23.5 Å². The van der Waals surface area contributed by atoms with Crippen molar-refractivity contribution in [1.29, 1.82) is 0 Å². The summed E-state index contributed by atoms with van der Waals surface area (Å²) in [4.78, 5) is 5.50. The summed E-state index contributed by atoms with van der Waals surface area (Å²) in [7, 11) is 0. The third-order valence-electron chi connectivity index (χ3n) is 3.34. The zero-order valence-corrected chi connectivity index (χ0v) is 13.0. The normalized spacial score (nSPS) is 10.7. The molecule has 2 nitrogen and oxygen atoms in total. The van der Waals surface area contributed by atoms with Gasteiger partial charge in [-0.3, -0.25) is 0 Å². The Morgan fingerprint density at radius 2 is 1.77 bits per heavy atom. The molecule has 0 bridgehead atoms. The molecule has 0 spiro atoms. The number of halogens is 2. The lowest BCUT2D eigenvalue weighted by Gasteiger charge is -2.03.